The molecule has 1 N–H and O–H groups in total. The molecule has 8 heteroatoms. The smallest absolute Gasteiger partial charge is 0.416 e. The standard InChI is InChI=1S/C16H12ClF4NO2/c1-24-14-6-10(17)3-5-12(14)15(23)22-8-9-2-4-11(18)7-13(9)16(19,20)21/h2-7H,8H2,1H3,(H,22,23). The third kappa shape index (κ3) is 4.17. The minimum absolute atomic E-state index is 0.123. The van der Waals surface area contributed by atoms with Gasteiger partial charge >= 0.3 is 6.18 Å². The van der Waals surface area contributed by atoms with E-state index in [0.717, 1.165) is 12.1 Å². The Kier molecular flexibility index (Phi) is 5.33. The first kappa shape index (κ1) is 18.1. The Hall–Kier alpha value is -2.28. The van der Waals surface area contributed by atoms with Crippen LogP contribution in [0.5, 0.6) is 5.75 Å². The molecule has 0 saturated heterocycles. The van der Waals surface area contributed by atoms with E-state index >= 15 is 0 Å². The summed E-state index contributed by atoms with van der Waals surface area (Å²) in [7, 11) is 1.34. The lowest BCUT2D eigenvalue weighted by Crippen LogP contribution is -2.25. The summed E-state index contributed by atoms with van der Waals surface area (Å²) < 4.78 is 56.9. The molecule has 0 aliphatic carbocycles. The van der Waals surface area contributed by atoms with Crippen LogP contribution in [0.4, 0.5) is 17.6 Å². The molecule has 1 amide bonds. The van der Waals surface area contributed by atoms with E-state index in [2.05, 4.69) is 5.32 Å². The van der Waals surface area contributed by atoms with Gasteiger partial charge in [-0.15, -0.1) is 0 Å². The number of alkyl halides is 3. The highest BCUT2D eigenvalue weighted by molar-refractivity contribution is 6.30. The first-order valence-electron chi connectivity index (χ1n) is 6.69. The second-order valence-corrected chi connectivity index (χ2v) is 5.26. The number of ether oxygens (including phenoxy) is 1. The van der Waals surface area contributed by atoms with Crippen LogP contribution in [0.25, 0.3) is 0 Å². The first-order chi connectivity index (χ1) is 11.2. The molecule has 24 heavy (non-hydrogen) atoms. The van der Waals surface area contributed by atoms with Gasteiger partial charge in [-0.3, -0.25) is 4.79 Å². The topological polar surface area (TPSA) is 38.3 Å². The summed E-state index contributed by atoms with van der Waals surface area (Å²) in [6, 6.07) is 6.54. The minimum Gasteiger partial charge on any atom is -0.496 e. The van der Waals surface area contributed by atoms with Gasteiger partial charge in [0.2, 0.25) is 0 Å². The highest BCUT2D eigenvalue weighted by Crippen LogP contribution is 2.32. The van der Waals surface area contributed by atoms with Crippen molar-refractivity contribution in [3.05, 3.63) is 63.9 Å². The Morgan fingerprint density at radius 1 is 1.21 bits per heavy atom. The number of rotatable bonds is 4. The molecule has 3 nitrogen and oxygen atoms in total. The molecule has 0 saturated carbocycles. The van der Waals surface area contributed by atoms with Gasteiger partial charge in [0.05, 0.1) is 18.2 Å². The van der Waals surface area contributed by atoms with Crippen molar-refractivity contribution in [1.82, 2.24) is 5.32 Å². The monoisotopic (exact) mass is 361 g/mol. The first-order valence-corrected chi connectivity index (χ1v) is 7.07. The summed E-state index contributed by atoms with van der Waals surface area (Å²) in [5.41, 5.74) is -1.26. The summed E-state index contributed by atoms with van der Waals surface area (Å²) in [6.07, 6.45) is -4.72. The van der Waals surface area contributed by atoms with E-state index in [1.54, 1.807) is 0 Å². The second-order valence-electron chi connectivity index (χ2n) is 4.83. The molecule has 0 aliphatic heterocycles. The van der Waals surface area contributed by atoms with Crippen LogP contribution in [-0.4, -0.2) is 13.0 Å². The van der Waals surface area contributed by atoms with E-state index in [4.69, 9.17) is 16.3 Å². The molecular formula is C16H12ClF4NO2. The number of amides is 1. The average Bonchev–Trinajstić information content (AvgIpc) is 2.52. The third-order valence-corrected chi connectivity index (χ3v) is 3.46. The summed E-state index contributed by atoms with van der Waals surface area (Å²) in [4.78, 5) is 12.1. The Balaban J connectivity index is 2.21. The molecule has 0 atom stereocenters. The van der Waals surface area contributed by atoms with E-state index in [-0.39, 0.29) is 16.9 Å². The zero-order chi connectivity index (χ0) is 17.9. The van der Waals surface area contributed by atoms with Crippen molar-refractivity contribution in [3.8, 4) is 5.75 Å². The van der Waals surface area contributed by atoms with Crippen molar-refractivity contribution in [2.75, 3.05) is 7.11 Å². The van der Waals surface area contributed by atoms with Crippen LogP contribution >= 0.6 is 11.6 Å². The molecule has 0 unspecified atom stereocenters. The molecule has 0 fully saturated rings. The highest BCUT2D eigenvalue weighted by Gasteiger charge is 2.33. The molecule has 0 heterocycles. The molecule has 0 bridgehead atoms. The SMILES string of the molecule is COc1cc(Cl)ccc1C(=O)NCc1ccc(F)cc1C(F)(F)F. The zero-order valence-electron chi connectivity index (χ0n) is 12.4. The molecule has 128 valence electrons. The number of hydrogen-bond acceptors (Lipinski definition) is 2. The van der Waals surface area contributed by atoms with E-state index in [1.165, 1.54) is 25.3 Å². The number of halogens is 5. The lowest BCUT2D eigenvalue weighted by molar-refractivity contribution is -0.138. The van der Waals surface area contributed by atoms with Gasteiger partial charge in [-0.2, -0.15) is 13.2 Å². The van der Waals surface area contributed by atoms with Crippen LogP contribution < -0.4 is 10.1 Å². The van der Waals surface area contributed by atoms with Gasteiger partial charge in [0, 0.05) is 11.6 Å². The van der Waals surface area contributed by atoms with Gasteiger partial charge in [-0.25, -0.2) is 4.39 Å². The van der Waals surface area contributed by atoms with Crippen molar-refractivity contribution in [3.63, 3.8) is 0 Å². The van der Waals surface area contributed by atoms with E-state index in [1.807, 2.05) is 0 Å². The van der Waals surface area contributed by atoms with Gasteiger partial charge < -0.3 is 10.1 Å². The van der Waals surface area contributed by atoms with Crippen molar-refractivity contribution in [2.24, 2.45) is 0 Å². The van der Waals surface area contributed by atoms with Crippen molar-refractivity contribution >= 4 is 17.5 Å². The van der Waals surface area contributed by atoms with Crippen LogP contribution in [0.3, 0.4) is 0 Å². The van der Waals surface area contributed by atoms with Crippen molar-refractivity contribution < 1.29 is 27.1 Å². The van der Waals surface area contributed by atoms with Crippen LogP contribution in [0.15, 0.2) is 36.4 Å². The molecule has 0 radical (unpaired) electrons. The predicted molar refractivity (Wildman–Crippen MR) is 80.6 cm³/mol. The maximum absolute atomic E-state index is 13.1. The second kappa shape index (κ2) is 7.09. The third-order valence-electron chi connectivity index (χ3n) is 3.22. The molecule has 2 aromatic carbocycles. The fourth-order valence-electron chi connectivity index (χ4n) is 2.09. The van der Waals surface area contributed by atoms with E-state index in [9.17, 15) is 22.4 Å². The molecular weight excluding hydrogens is 350 g/mol. The quantitative estimate of drug-likeness (QED) is 0.818. The lowest BCUT2D eigenvalue weighted by atomic mass is 10.1. The molecule has 0 aromatic heterocycles. The van der Waals surface area contributed by atoms with Crippen LogP contribution in [-0.2, 0) is 12.7 Å². The van der Waals surface area contributed by atoms with Gasteiger partial charge in [-0.1, -0.05) is 17.7 Å². The fraction of sp³-hybridized carbons (Fsp3) is 0.188. The number of hydrogen-bond donors (Lipinski definition) is 1. The molecule has 2 rings (SSSR count). The number of carbonyl (C=O) groups is 1. The summed E-state index contributed by atoms with van der Waals surface area (Å²) in [6.45, 7) is -0.417. The summed E-state index contributed by atoms with van der Waals surface area (Å²) in [5.74, 6) is -1.45. The summed E-state index contributed by atoms with van der Waals surface area (Å²) >= 11 is 5.79. The lowest BCUT2D eigenvalue weighted by Gasteiger charge is -2.14. The summed E-state index contributed by atoms with van der Waals surface area (Å²) in [5, 5.41) is 2.71. The normalized spacial score (nSPS) is 11.2. The zero-order valence-corrected chi connectivity index (χ0v) is 13.1. The van der Waals surface area contributed by atoms with Crippen LogP contribution in [0.2, 0.25) is 5.02 Å². The van der Waals surface area contributed by atoms with Gasteiger partial charge in [-0.05, 0) is 35.9 Å². The van der Waals surface area contributed by atoms with Crippen molar-refractivity contribution in [2.45, 2.75) is 12.7 Å². The Labute approximate surface area is 140 Å². The maximum atomic E-state index is 13.1. The number of nitrogens with one attached hydrogen (secondary N) is 1. The fourth-order valence-corrected chi connectivity index (χ4v) is 2.25. The van der Waals surface area contributed by atoms with E-state index in [0.29, 0.717) is 11.1 Å². The number of benzene rings is 2. The molecule has 2 aromatic rings. The number of carbonyl (C=O) groups excluding carboxylic acids is 1. The Morgan fingerprint density at radius 2 is 1.92 bits per heavy atom. The minimum atomic E-state index is -4.72. The van der Waals surface area contributed by atoms with Crippen LogP contribution in [0.1, 0.15) is 21.5 Å². The highest BCUT2D eigenvalue weighted by atomic mass is 35.5. The molecule has 0 aliphatic rings. The van der Waals surface area contributed by atoms with E-state index < -0.39 is 30.0 Å². The van der Waals surface area contributed by atoms with Crippen molar-refractivity contribution in [1.29, 1.82) is 0 Å². The predicted octanol–water partition coefficient (Wildman–Crippen LogP) is 4.44. The number of methoxy groups -OCH3 is 1. The van der Waals surface area contributed by atoms with Gasteiger partial charge in [0.25, 0.3) is 5.91 Å². The Morgan fingerprint density at radius 3 is 2.54 bits per heavy atom. The van der Waals surface area contributed by atoms with Gasteiger partial charge in [0.1, 0.15) is 11.6 Å². The largest absolute Gasteiger partial charge is 0.496 e. The molecule has 0 spiro atoms. The van der Waals surface area contributed by atoms with Gasteiger partial charge in [0.15, 0.2) is 0 Å². The average molecular weight is 362 g/mol. The Bertz CT molecular complexity index is 762. The maximum Gasteiger partial charge on any atom is 0.416 e. The van der Waals surface area contributed by atoms with Crippen LogP contribution in [0, 0.1) is 5.82 Å².